The van der Waals surface area contributed by atoms with Crippen molar-refractivity contribution in [3.8, 4) is 0 Å². The second kappa shape index (κ2) is 7.06. The molecule has 2 N–H and O–H groups in total. The Balaban J connectivity index is 1.69. The average Bonchev–Trinajstić information content (AvgIpc) is 3.42. The van der Waals surface area contributed by atoms with Gasteiger partial charge in [-0.05, 0) is 74.2 Å². The van der Waals surface area contributed by atoms with E-state index in [1.807, 2.05) is 6.92 Å². The number of carbonyl (C=O) groups is 1. The molecule has 0 saturated heterocycles. The fraction of sp³-hybridized carbons (Fsp3) is 0.278. The highest BCUT2D eigenvalue weighted by atomic mass is 35.5. The van der Waals surface area contributed by atoms with Crippen molar-refractivity contribution in [2.24, 2.45) is 5.92 Å². The second-order valence-corrected chi connectivity index (χ2v) is 8.36. The van der Waals surface area contributed by atoms with E-state index in [9.17, 15) is 13.2 Å². The predicted molar refractivity (Wildman–Crippen MR) is 98.4 cm³/mol. The van der Waals surface area contributed by atoms with Gasteiger partial charge in [0.25, 0.3) is 15.9 Å². The Bertz CT molecular complexity index is 860. The van der Waals surface area contributed by atoms with Gasteiger partial charge >= 0.3 is 0 Å². The van der Waals surface area contributed by atoms with Crippen molar-refractivity contribution < 1.29 is 13.2 Å². The van der Waals surface area contributed by atoms with Crippen molar-refractivity contribution >= 4 is 33.2 Å². The molecule has 2 aromatic carbocycles. The molecule has 7 heteroatoms. The predicted octanol–water partition coefficient (Wildman–Crippen LogP) is 3.67. The molecule has 0 unspecified atom stereocenters. The van der Waals surface area contributed by atoms with Crippen LogP contribution in [0.5, 0.6) is 0 Å². The van der Waals surface area contributed by atoms with Crippen LogP contribution in [0.1, 0.15) is 30.1 Å². The lowest BCUT2D eigenvalue weighted by Crippen LogP contribution is -2.33. The quantitative estimate of drug-likeness (QED) is 0.805. The molecule has 0 spiro atoms. The van der Waals surface area contributed by atoms with Gasteiger partial charge < -0.3 is 5.32 Å². The van der Waals surface area contributed by atoms with E-state index in [4.69, 9.17) is 11.6 Å². The summed E-state index contributed by atoms with van der Waals surface area (Å²) in [4.78, 5) is 12.3. The minimum atomic E-state index is -3.72. The molecule has 1 atom stereocenters. The fourth-order valence-corrected chi connectivity index (χ4v) is 3.71. The highest BCUT2D eigenvalue weighted by Crippen LogP contribution is 2.32. The summed E-state index contributed by atoms with van der Waals surface area (Å²) in [6.45, 7) is 1.99. The van der Waals surface area contributed by atoms with Gasteiger partial charge in [0.1, 0.15) is 0 Å². The molecule has 1 saturated carbocycles. The Labute approximate surface area is 152 Å². The van der Waals surface area contributed by atoms with Gasteiger partial charge in [0.15, 0.2) is 0 Å². The zero-order chi connectivity index (χ0) is 18.0. The number of amides is 1. The van der Waals surface area contributed by atoms with Crippen LogP contribution in [0.3, 0.4) is 0 Å². The average molecular weight is 379 g/mol. The van der Waals surface area contributed by atoms with E-state index in [-0.39, 0.29) is 16.8 Å². The summed E-state index contributed by atoms with van der Waals surface area (Å²) in [7, 11) is -3.72. The smallest absolute Gasteiger partial charge is 0.261 e. The lowest BCUT2D eigenvalue weighted by Gasteiger charge is -2.13. The largest absolute Gasteiger partial charge is 0.349 e. The molecule has 1 aliphatic rings. The molecule has 1 fully saturated rings. The van der Waals surface area contributed by atoms with Crippen LogP contribution in [0.2, 0.25) is 5.02 Å². The molecule has 25 heavy (non-hydrogen) atoms. The van der Waals surface area contributed by atoms with Crippen molar-refractivity contribution in [1.82, 2.24) is 5.32 Å². The molecule has 0 aliphatic heterocycles. The van der Waals surface area contributed by atoms with Gasteiger partial charge in [0.2, 0.25) is 0 Å². The zero-order valence-electron chi connectivity index (χ0n) is 13.7. The lowest BCUT2D eigenvalue weighted by molar-refractivity contribution is 0.0935. The molecule has 0 aromatic heterocycles. The number of rotatable bonds is 6. The zero-order valence-corrected chi connectivity index (χ0v) is 15.3. The Morgan fingerprint density at radius 3 is 2.24 bits per heavy atom. The van der Waals surface area contributed by atoms with E-state index < -0.39 is 10.0 Å². The van der Waals surface area contributed by atoms with Crippen molar-refractivity contribution in [1.29, 1.82) is 0 Å². The summed E-state index contributed by atoms with van der Waals surface area (Å²) in [6.07, 6.45) is 2.30. The number of sulfonamides is 1. The van der Waals surface area contributed by atoms with E-state index in [1.54, 1.807) is 24.3 Å². The first kappa shape index (κ1) is 17.8. The summed E-state index contributed by atoms with van der Waals surface area (Å²) in [5.41, 5.74) is 0.863. The molecular weight excluding hydrogens is 360 g/mol. The molecule has 2 aromatic rings. The van der Waals surface area contributed by atoms with Gasteiger partial charge in [0, 0.05) is 22.3 Å². The van der Waals surface area contributed by atoms with E-state index in [0.29, 0.717) is 22.2 Å². The molecule has 3 rings (SSSR count). The van der Waals surface area contributed by atoms with Gasteiger partial charge in [-0.25, -0.2) is 8.42 Å². The maximum Gasteiger partial charge on any atom is 0.261 e. The van der Waals surface area contributed by atoms with Crippen LogP contribution in [0.25, 0.3) is 0 Å². The first-order valence-corrected chi connectivity index (χ1v) is 9.90. The maximum absolute atomic E-state index is 12.4. The number of hydrogen-bond donors (Lipinski definition) is 2. The highest BCUT2D eigenvalue weighted by molar-refractivity contribution is 7.92. The summed E-state index contributed by atoms with van der Waals surface area (Å²) >= 11 is 5.79. The Morgan fingerprint density at radius 2 is 1.68 bits per heavy atom. The van der Waals surface area contributed by atoms with E-state index in [1.165, 1.54) is 24.3 Å². The third kappa shape index (κ3) is 4.52. The molecule has 0 heterocycles. The van der Waals surface area contributed by atoms with Crippen molar-refractivity contribution in [2.75, 3.05) is 4.72 Å². The summed E-state index contributed by atoms with van der Waals surface area (Å²) in [5.74, 6) is 0.376. The first-order chi connectivity index (χ1) is 11.8. The summed E-state index contributed by atoms with van der Waals surface area (Å²) in [5, 5.41) is 3.47. The number of nitrogens with one attached hydrogen (secondary N) is 2. The van der Waals surface area contributed by atoms with Gasteiger partial charge in [0.05, 0.1) is 4.90 Å². The number of hydrogen-bond acceptors (Lipinski definition) is 3. The van der Waals surface area contributed by atoms with Gasteiger partial charge in [-0.3, -0.25) is 9.52 Å². The van der Waals surface area contributed by atoms with Crippen LogP contribution >= 0.6 is 11.6 Å². The van der Waals surface area contributed by atoms with Crippen LogP contribution in [0.15, 0.2) is 53.4 Å². The van der Waals surface area contributed by atoms with Crippen LogP contribution in [0.4, 0.5) is 5.69 Å². The van der Waals surface area contributed by atoms with Gasteiger partial charge in [-0.2, -0.15) is 0 Å². The molecule has 0 bridgehead atoms. The van der Waals surface area contributed by atoms with Crippen molar-refractivity contribution in [3.63, 3.8) is 0 Å². The standard InChI is InChI=1S/C18H19ClN2O3S/c1-12(13-2-3-13)20-18(22)14-4-10-17(11-5-14)25(23,24)21-16-8-6-15(19)7-9-16/h4-13,21H,2-3H2,1H3,(H,20,22)/t12-/m1/s1. The molecule has 132 valence electrons. The van der Waals surface area contributed by atoms with E-state index in [0.717, 1.165) is 12.8 Å². The lowest BCUT2D eigenvalue weighted by atomic mass is 10.1. The monoisotopic (exact) mass is 378 g/mol. The minimum absolute atomic E-state index is 0.0919. The van der Waals surface area contributed by atoms with Gasteiger partial charge in [-0.15, -0.1) is 0 Å². The minimum Gasteiger partial charge on any atom is -0.349 e. The third-order valence-corrected chi connectivity index (χ3v) is 5.86. The maximum atomic E-state index is 12.4. The first-order valence-electron chi connectivity index (χ1n) is 8.04. The highest BCUT2D eigenvalue weighted by Gasteiger charge is 2.29. The Morgan fingerprint density at radius 1 is 1.08 bits per heavy atom. The second-order valence-electron chi connectivity index (χ2n) is 6.24. The van der Waals surface area contributed by atoms with Crippen molar-refractivity contribution in [3.05, 3.63) is 59.1 Å². The van der Waals surface area contributed by atoms with Crippen LogP contribution in [-0.2, 0) is 10.0 Å². The Hall–Kier alpha value is -2.05. The van der Waals surface area contributed by atoms with Crippen LogP contribution < -0.4 is 10.0 Å². The van der Waals surface area contributed by atoms with E-state index in [2.05, 4.69) is 10.0 Å². The molecular formula is C18H19ClN2O3S. The number of anilines is 1. The summed E-state index contributed by atoms with van der Waals surface area (Å²) < 4.78 is 27.3. The SMILES string of the molecule is C[C@@H](NC(=O)c1ccc(S(=O)(=O)Nc2ccc(Cl)cc2)cc1)C1CC1. The third-order valence-electron chi connectivity index (χ3n) is 4.21. The number of benzene rings is 2. The van der Waals surface area contributed by atoms with Crippen LogP contribution in [-0.4, -0.2) is 20.4 Å². The number of carbonyl (C=O) groups excluding carboxylic acids is 1. The normalized spacial score (nSPS) is 15.4. The van der Waals surface area contributed by atoms with Crippen LogP contribution in [0, 0.1) is 5.92 Å². The Kier molecular flexibility index (Phi) is 5.01. The van der Waals surface area contributed by atoms with E-state index >= 15 is 0 Å². The topological polar surface area (TPSA) is 75.3 Å². The molecule has 0 radical (unpaired) electrons. The molecule has 1 amide bonds. The van der Waals surface area contributed by atoms with Crippen molar-refractivity contribution in [2.45, 2.75) is 30.7 Å². The summed E-state index contributed by atoms with van der Waals surface area (Å²) in [6, 6.07) is 12.4. The molecule has 5 nitrogen and oxygen atoms in total. The fourth-order valence-electron chi connectivity index (χ4n) is 2.52. The molecule has 1 aliphatic carbocycles. The number of halogens is 1. The van der Waals surface area contributed by atoms with Gasteiger partial charge in [-0.1, -0.05) is 11.6 Å².